The molecule has 2 amide bonds. The lowest BCUT2D eigenvalue weighted by Gasteiger charge is -2.34. The normalized spacial score (nSPS) is 15.9. The molecule has 5 rings (SSSR count). The highest BCUT2D eigenvalue weighted by molar-refractivity contribution is 6.25. The number of nitrogens with zero attached hydrogens (tertiary/aromatic N) is 5. The van der Waals surface area contributed by atoms with E-state index in [2.05, 4.69) is 19.8 Å². The molecule has 1 fully saturated rings. The highest BCUT2D eigenvalue weighted by atomic mass is 35.5. The van der Waals surface area contributed by atoms with Gasteiger partial charge in [-0.1, -0.05) is 24.3 Å². The number of unbranched alkanes of at least 4 members (excludes halogenated alkanes) is 1. The van der Waals surface area contributed by atoms with Crippen molar-refractivity contribution >= 4 is 53.3 Å². The van der Waals surface area contributed by atoms with Gasteiger partial charge in [-0.25, -0.2) is 9.97 Å². The van der Waals surface area contributed by atoms with Crippen molar-refractivity contribution in [2.75, 3.05) is 44.2 Å². The quantitative estimate of drug-likeness (QED) is 0.390. The van der Waals surface area contributed by atoms with Crippen LogP contribution >= 0.6 is 24.8 Å². The minimum Gasteiger partial charge on any atom is -0.338 e. The van der Waals surface area contributed by atoms with Crippen molar-refractivity contribution in [3.05, 3.63) is 66.0 Å². The highest BCUT2D eigenvalue weighted by Gasteiger charge is 2.32. The number of piperazine rings is 1. The molecule has 0 N–H and O–H groups in total. The SMILES string of the molecule is Cl.Cl.O=C1c2cccc3cccc(c23)C(=O)N1CCCCN1CCN(c2ncccn2)CC1. The molecule has 9 heteroatoms. The van der Waals surface area contributed by atoms with Gasteiger partial charge in [0.25, 0.3) is 11.8 Å². The molecule has 0 bridgehead atoms. The molecule has 2 aromatic carbocycles. The molecule has 2 aliphatic rings. The van der Waals surface area contributed by atoms with Crippen LogP contribution in [-0.2, 0) is 0 Å². The highest BCUT2D eigenvalue weighted by Crippen LogP contribution is 2.30. The molecule has 0 unspecified atom stereocenters. The Labute approximate surface area is 205 Å². The third-order valence-corrected chi connectivity index (χ3v) is 6.17. The second kappa shape index (κ2) is 10.9. The van der Waals surface area contributed by atoms with E-state index in [9.17, 15) is 9.59 Å². The predicted molar refractivity (Wildman–Crippen MR) is 134 cm³/mol. The molecule has 1 aromatic heterocycles. The zero-order valence-electron chi connectivity index (χ0n) is 18.2. The number of amides is 2. The number of rotatable bonds is 6. The van der Waals surface area contributed by atoms with E-state index in [1.165, 1.54) is 4.90 Å². The summed E-state index contributed by atoms with van der Waals surface area (Å²) >= 11 is 0. The van der Waals surface area contributed by atoms with Crippen molar-refractivity contribution in [2.45, 2.75) is 12.8 Å². The van der Waals surface area contributed by atoms with E-state index in [1.54, 1.807) is 12.4 Å². The van der Waals surface area contributed by atoms with E-state index in [1.807, 2.05) is 42.5 Å². The standard InChI is InChI=1S/C24H25N5O2.2ClH/c30-22-19-8-3-6-18-7-4-9-20(21(18)19)23(31)29(22)13-2-1-12-27-14-16-28(17-15-27)24-25-10-5-11-26-24;;/h3-11H,1-2,12-17H2;2*1H. The van der Waals surface area contributed by atoms with Crippen LogP contribution in [0.15, 0.2) is 54.9 Å². The van der Waals surface area contributed by atoms with Crippen LogP contribution in [0.2, 0.25) is 0 Å². The summed E-state index contributed by atoms with van der Waals surface area (Å²) in [7, 11) is 0. The topological polar surface area (TPSA) is 69.6 Å². The molecule has 174 valence electrons. The average molecular weight is 488 g/mol. The van der Waals surface area contributed by atoms with Crippen molar-refractivity contribution in [3.8, 4) is 0 Å². The van der Waals surface area contributed by atoms with Gasteiger partial charge in [0.05, 0.1) is 0 Å². The fourth-order valence-corrected chi connectivity index (χ4v) is 4.51. The maximum atomic E-state index is 13.0. The lowest BCUT2D eigenvalue weighted by molar-refractivity contribution is 0.0606. The lowest BCUT2D eigenvalue weighted by Crippen LogP contribution is -2.47. The van der Waals surface area contributed by atoms with Gasteiger partial charge in [-0.05, 0) is 43.0 Å². The van der Waals surface area contributed by atoms with Crippen LogP contribution in [0.1, 0.15) is 33.6 Å². The number of aromatic nitrogens is 2. The van der Waals surface area contributed by atoms with Gasteiger partial charge >= 0.3 is 0 Å². The fraction of sp³-hybridized carbons (Fsp3) is 0.333. The number of carbonyl (C=O) groups excluding carboxylic acids is 2. The Balaban J connectivity index is 0.00000153. The molecule has 7 nitrogen and oxygen atoms in total. The van der Waals surface area contributed by atoms with Gasteiger partial charge in [0.1, 0.15) is 0 Å². The number of hydrogen-bond donors (Lipinski definition) is 0. The molecule has 0 spiro atoms. The molecule has 0 atom stereocenters. The molecule has 0 radical (unpaired) electrons. The van der Waals surface area contributed by atoms with Crippen molar-refractivity contribution < 1.29 is 9.59 Å². The second-order valence-corrected chi connectivity index (χ2v) is 8.06. The lowest BCUT2D eigenvalue weighted by atomic mass is 9.94. The Bertz CT molecular complexity index is 1070. The first-order valence-corrected chi connectivity index (χ1v) is 10.8. The van der Waals surface area contributed by atoms with E-state index >= 15 is 0 Å². The first-order chi connectivity index (χ1) is 15.2. The van der Waals surface area contributed by atoms with Gasteiger partial charge in [-0.2, -0.15) is 0 Å². The number of halogens is 2. The van der Waals surface area contributed by atoms with Gasteiger partial charge < -0.3 is 4.90 Å². The fourth-order valence-electron chi connectivity index (χ4n) is 4.51. The van der Waals surface area contributed by atoms with Gasteiger partial charge in [0, 0.05) is 61.6 Å². The number of benzene rings is 2. The molecule has 33 heavy (non-hydrogen) atoms. The summed E-state index contributed by atoms with van der Waals surface area (Å²) in [5, 5.41) is 1.73. The molecule has 3 heterocycles. The van der Waals surface area contributed by atoms with Crippen molar-refractivity contribution in [2.24, 2.45) is 0 Å². The van der Waals surface area contributed by atoms with Crippen LogP contribution in [0.3, 0.4) is 0 Å². The molecule has 0 aliphatic carbocycles. The minimum absolute atomic E-state index is 0. The Morgan fingerprint density at radius 1 is 0.727 bits per heavy atom. The Morgan fingerprint density at radius 3 is 1.91 bits per heavy atom. The number of hydrogen-bond acceptors (Lipinski definition) is 6. The molecule has 3 aromatic rings. The second-order valence-electron chi connectivity index (χ2n) is 8.06. The van der Waals surface area contributed by atoms with Crippen LogP contribution in [0.5, 0.6) is 0 Å². The Kier molecular flexibility index (Phi) is 8.24. The average Bonchev–Trinajstić information content (AvgIpc) is 2.83. The largest absolute Gasteiger partial charge is 0.338 e. The zero-order chi connectivity index (χ0) is 21.2. The van der Waals surface area contributed by atoms with Crippen LogP contribution in [0, 0.1) is 0 Å². The van der Waals surface area contributed by atoms with Crippen molar-refractivity contribution in [1.82, 2.24) is 19.8 Å². The molecule has 1 saturated heterocycles. The predicted octanol–water partition coefficient (Wildman–Crippen LogP) is 3.67. The molecular formula is C24H27Cl2N5O2. The Hall–Kier alpha value is -2.74. The zero-order valence-corrected chi connectivity index (χ0v) is 19.9. The summed E-state index contributed by atoms with van der Waals surface area (Å²) in [4.78, 5) is 40.6. The van der Waals surface area contributed by atoms with Crippen molar-refractivity contribution in [1.29, 1.82) is 0 Å². The Morgan fingerprint density at radius 2 is 1.30 bits per heavy atom. The van der Waals surface area contributed by atoms with Crippen molar-refractivity contribution in [3.63, 3.8) is 0 Å². The van der Waals surface area contributed by atoms with E-state index < -0.39 is 0 Å². The summed E-state index contributed by atoms with van der Waals surface area (Å²) in [6, 6.07) is 13.1. The van der Waals surface area contributed by atoms with Crippen LogP contribution in [0.25, 0.3) is 10.8 Å². The van der Waals surface area contributed by atoms with Gasteiger partial charge in [-0.15, -0.1) is 24.8 Å². The third kappa shape index (κ3) is 4.95. The van der Waals surface area contributed by atoms with Crippen LogP contribution in [-0.4, -0.2) is 70.9 Å². The third-order valence-electron chi connectivity index (χ3n) is 6.17. The summed E-state index contributed by atoms with van der Waals surface area (Å²) in [6.07, 6.45) is 5.30. The van der Waals surface area contributed by atoms with E-state index in [0.717, 1.165) is 62.3 Å². The van der Waals surface area contributed by atoms with E-state index in [0.29, 0.717) is 17.7 Å². The number of imide groups is 1. The summed E-state index contributed by atoms with van der Waals surface area (Å²) in [5.74, 6) is 0.441. The van der Waals surface area contributed by atoms with E-state index in [4.69, 9.17) is 0 Å². The number of carbonyl (C=O) groups is 2. The summed E-state index contributed by atoms with van der Waals surface area (Å²) in [6.45, 7) is 5.18. The maximum absolute atomic E-state index is 13.0. The number of anilines is 1. The molecule has 0 saturated carbocycles. The molecular weight excluding hydrogens is 461 g/mol. The minimum atomic E-state index is -0.175. The van der Waals surface area contributed by atoms with Crippen LogP contribution in [0.4, 0.5) is 5.95 Å². The first kappa shape index (κ1) is 24.9. The monoisotopic (exact) mass is 487 g/mol. The van der Waals surface area contributed by atoms with Gasteiger partial charge in [0.15, 0.2) is 0 Å². The van der Waals surface area contributed by atoms with E-state index in [-0.39, 0.29) is 36.6 Å². The van der Waals surface area contributed by atoms with Gasteiger partial charge in [-0.3, -0.25) is 19.4 Å². The molecule has 2 aliphatic heterocycles. The van der Waals surface area contributed by atoms with Crippen LogP contribution < -0.4 is 4.90 Å². The maximum Gasteiger partial charge on any atom is 0.261 e. The summed E-state index contributed by atoms with van der Waals surface area (Å²) < 4.78 is 0. The summed E-state index contributed by atoms with van der Waals surface area (Å²) in [5.41, 5.74) is 1.26. The first-order valence-electron chi connectivity index (χ1n) is 10.8. The smallest absolute Gasteiger partial charge is 0.261 e. The van der Waals surface area contributed by atoms with Gasteiger partial charge in [0.2, 0.25) is 5.95 Å².